The van der Waals surface area contributed by atoms with E-state index in [0.717, 1.165) is 25.1 Å². The van der Waals surface area contributed by atoms with Crippen LogP contribution in [0.3, 0.4) is 0 Å². The zero-order chi connectivity index (χ0) is 13.8. The van der Waals surface area contributed by atoms with E-state index in [1.54, 1.807) is 6.20 Å². The molecule has 18 heavy (non-hydrogen) atoms. The van der Waals surface area contributed by atoms with Gasteiger partial charge in [0.25, 0.3) is 0 Å². The van der Waals surface area contributed by atoms with Crippen LogP contribution in [0, 0.1) is 5.82 Å². The topological polar surface area (TPSA) is 42.1 Å². The van der Waals surface area contributed by atoms with Crippen LogP contribution in [0.4, 0.5) is 4.39 Å². The van der Waals surface area contributed by atoms with Gasteiger partial charge in [-0.15, -0.1) is 0 Å². The molecular formula is C14H24FN3. The van der Waals surface area contributed by atoms with Crippen molar-refractivity contribution in [1.82, 2.24) is 9.88 Å². The van der Waals surface area contributed by atoms with Gasteiger partial charge in [-0.1, -0.05) is 20.8 Å². The van der Waals surface area contributed by atoms with Crippen molar-refractivity contribution in [1.29, 1.82) is 0 Å². The third-order valence-corrected chi connectivity index (χ3v) is 3.96. The van der Waals surface area contributed by atoms with E-state index in [9.17, 15) is 4.39 Å². The van der Waals surface area contributed by atoms with Crippen molar-refractivity contribution in [2.75, 3.05) is 13.1 Å². The van der Waals surface area contributed by atoms with E-state index < -0.39 is 0 Å². The highest BCUT2D eigenvalue weighted by atomic mass is 19.1. The Labute approximate surface area is 109 Å². The third kappa shape index (κ3) is 2.87. The number of halogens is 1. The van der Waals surface area contributed by atoms with Gasteiger partial charge in [-0.3, -0.25) is 9.88 Å². The highest BCUT2D eigenvalue weighted by molar-refractivity contribution is 5.19. The van der Waals surface area contributed by atoms with Crippen molar-refractivity contribution in [2.24, 2.45) is 5.73 Å². The summed E-state index contributed by atoms with van der Waals surface area (Å²) in [6.07, 6.45) is 3.77. The van der Waals surface area contributed by atoms with Crippen molar-refractivity contribution in [3.63, 3.8) is 0 Å². The van der Waals surface area contributed by atoms with Crippen LogP contribution < -0.4 is 5.73 Å². The molecule has 1 heterocycles. The van der Waals surface area contributed by atoms with Crippen LogP contribution >= 0.6 is 0 Å². The maximum absolute atomic E-state index is 13.3. The van der Waals surface area contributed by atoms with E-state index in [0.29, 0.717) is 0 Å². The second-order valence-electron chi connectivity index (χ2n) is 4.80. The molecule has 2 N–H and O–H groups in total. The largest absolute Gasteiger partial charge is 0.322 e. The molecule has 0 aliphatic rings. The molecular weight excluding hydrogens is 229 g/mol. The van der Waals surface area contributed by atoms with Crippen molar-refractivity contribution in [3.05, 3.63) is 29.8 Å². The summed E-state index contributed by atoms with van der Waals surface area (Å²) in [7, 11) is 0. The van der Waals surface area contributed by atoms with Gasteiger partial charge in [0.05, 0.1) is 6.20 Å². The standard InChI is InChI=1S/C14H24FN3/c1-5-14(4,18(6-2)7-3)13(16)11-8-12(15)10-17-9-11/h8-10,13H,5-7,16H2,1-4H3. The second-order valence-corrected chi connectivity index (χ2v) is 4.80. The van der Waals surface area contributed by atoms with E-state index in [1.165, 1.54) is 12.3 Å². The minimum atomic E-state index is -0.332. The molecule has 0 aliphatic heterocycles. The molecule has 1 rings (SSSR count). The minimum absolute atomic E-state index is 0.182. The van der Waals surface area contributed by atoms with Gasteiger partial charge in [0.15, 0.2) is 0 Å². The summed E-state index contributed by atoms with van der Waals surface area (Å²) in [5.74, 6) is -0.332. The van der Waals surface area contributed by atoms with Gasteiger partial charge in [0.2, 0.25) is 0 Å². The second kappa shape index (κ2) is 6.25. The molecule has 1 aromatic rings. The monoisotopic (exact) mass is 253 g/mol. The van der Waals surface area contributed by atoms with Gasteiger partial charge in [0.1, 0.15) is 5.82 Å². The molecule has 0 aliphatic carbocycles. The summed E-state index contributed by atoms with van der Waals surface area (Å²) in [6, 6.07) is 1.24. The molecule has 0 aromatic carbocycles. The molecule has 0 saturated heterocycles. The van der Waals surface area contributed by atoms with E-state index in [2.05, 4.69) is 37.6 Å². The first-order chi connectivity index (χ1) is 8.49. The van der Waals surface area contributed by atoms with E-state index in [1.807, 2.05) is 0 Å². The van der Waals surface area contributed by atoms with Crippen LogP contribution in [-0.4, -0.2) is 28.5 Å². The maximum Gasteiger partial charge on any atom is 0.141 e. The first-order valence-corrected chi connectivity index (χ1v) is 6.60. The van der Waals surface area contributed by atoms with Crippen LogP contribution in [0.15, 0.2) is 18.5 Å². The number of hydrogen-bond acceptors (Lipinski definition) is 3. The quantitative estimate of drug-likeness (QED) is 0.847. The Morgan fingerprint density at radius 3 is 2.39 bits per heavy atom. The molecule has 0 radical (unpaired) electrons. The Kier molecular flexibility index (Phi) is 5.23. The van der Waals surface area contributed by atoms with Crippen LogP contribution in [0.1, 0.15) is 45.7 Å². The molecule has 4 heteroatoms. The number of aromatic nitrogens is 1. The van der Waals surface area contributed by atoms with Crippen LogP contribution in [0.25, 0.3) is 0 Å². The lowest BCUT2D eigenvalue weighted by molar-refractivity contribution is 0.0842. The van der Waals surface area contributed by atoms with Crippen LogP contribution in [0.5, 0.6) is 0 Å². The van der Waals surface area contributed by atoms with Crippen molar-refractivity contribution in [3.8, 4) is 0 Å². The fourth-order valence-electron chi connectivity index (χ4n) is 2.54. The number of pyridine rings is 1. The SMILES string of the molecule is CCN(CC)C(C)(CC)C(N)c1cncc(F)c1. The number of likely N-dealkylation sites (N-methyl/N-ethyl adjacent to an activating group) is 1. The lowest BCUT2D eigenvalue weighted by Crippen LogP contribution is -2.53. The highest BCUT2D eigenvalue weighted by Gasteiger charge is 2.35. The Bertz CT molecular complexity index is 379. The van der Waals surface area contributed by atoms with Crippen LogP contribution in [-0.2, 0) is 0 Å². The Morgan fingerprint density at radius 1 is 1.33 bits per heavy atom. The molecule has 3 nitrogen and oxygen atoms in total. The fourth-order valence-corrected chi connectivity index (χ4v) is 2.54. The molecule has 0 saturated carbocycles. The van der Waals surface area contributed by atoms with E-state index >= 15 is 0 Å². The number of hydrogen-bond donors (Lipinski definition) is 1. The fraction of sp³-hybridized carbons (Fsp3) is 0.643. The smallest absolute Gasteiger partial charge is 0.141 e. The zero-order valence-electron chi connectivity index (χ0n) is 11.8. The predicted molar refractivity (Wildman–Crippen MR) is 72.7 cm³/mol. The highest BCUT2D eigenvalue weighted by Crippen LogP contribution is 2.32. The Morgan fingerprint density at radius 2 is 1.94 bits per heavy atom. The summed E-state index contributed by atoms with van der Waals surface area (Å²) >= 11 is 0. The van der Waals surface area contributed by atoms with E-state index in [-0.39, 0.29) is 17.4 Å². The predicted octanol–water partition coefficient (Wildman–Crippen LogP) is 2.73. The lowest BCUT2D eigenvalue weighted by Gasteiger charge is -2.44. The molecule has 102 valence electrons. The summed E-state index contributed by atoms with van der Waals surface area (Å²) < 4.78 is 13.3. The van der Waals surface area contributed by atoms with Crippen molar-refractivity contribution >= 4 is 0 Å². The van der Waals surface area contributed by atoms with Crippen LogP contribution in [0.2, 0.25) is 0 Å². The molecule has 0 fully saturated rings. The summed E-state index contributed by atoms with van der Waals surface area (Å²) in [4.78, 5) is 6.21. The van der Waals surface area contributed by atoms with Crippen molar-refractivity contribution < 1.29 is 4.39 Å². The van der Waals surface area contributed by atoms with Crippen molar-refractivity contribution in [2.45, 2.75) is 45.7 Å². The van der Waals surface area contributed by atoms with Gasteiger partial charge >= 0.3 is 0 Å². The van der Waals surface area contributed by atoms with Gasteiger partial charge < -0.3 is 5.73 Å². The number of nitrogens with zero attached hydrogens (tertiary/aromatic N) is 2. The summed E-state index contributed by atoms with van der Waals surface area (Å²) in [5.41, 5.74) is 6.93. The molecule has 0 spiro atoms. The van der Waals surface area contributed by atoms with Gasteiger partial charge in [-0.05, 0) is 38.1 Å². The molecule has 1 aromatic heterocycles. The molecule has 0 bridgehead atoms. The normalized spacial score (nSPS) is 16.6. The van der Waals surface area contributed by atoms with Gasteiger partial charge in [-0.25, -0.2) is 4.39 Å². The summed E-state index contributed by atoms with van der Waals surface area (Å²) in [5, 5.41) is 0. The lowest BCUT2D eigenvalue weighted by atomic mass is 9.84. The maximum atomic E-state index is 13.3. The first-order valence-electron chi connectivity index (χ1n) is 6.60. The van der Waals surface area contributed by atoms with E-state index in [4.69, 9.17) is 5.73 Å². The Hall–Kier alpha value is -1.00. The minimum Gasteiger partial charge on any atom is -0.322 e. The average molecular weight is 253 g/mol. The first kappa shape index (κ1) is 15.1. The average Bonchev–Trinajstić information content (AvgIpc) is 2.38. The zero-order valence-corrected chi connectivity index (χ0v) is 11.8. The van der Waals surface area contributed by atoms with Gasteiger partial charge in [0, 0.05) is 17.8 Å². The van der Waals surface area contributed by atoms with Gasteiger partial charge in [-0.2, -0.15) is 0 Å². The number of nitrogens with two attached hydrogens (primary N) is 1. The number of rotatable bonds is 6. The molecule has 2 unspecified atom stereocenters. The Balaban J connectivity index is 3.07. The third-order valence-electron chi connectivity index (χ3n) is 3.96. The summed E-state index contributed by atoms with van der Waals surface area (Å²) in [6.45, 7) is 10.3. The molecule has 2 atom stereocenters. The molecule has 0 amide bonds.